The van der Waals surface area contributed by atoms with Crippen molar-refractivity contribution in [3.8, 4) is 0 Å². The molecule has 0 amide bonds. The fraction of sp³-hybridized carbons (Fsp3) is 0.915. The summed E-state index contributed by atoms with van der Waals surface area (Å²) in [5, 5.41) is 30.9. The summed E-state index contributed by atoms with van der Waals surface area (Å²) in [6.45, 7) is 3.77. The highest BCUT2D eigenvalue weighted by molar-refractivity contribution is 7.85. The summed E-state index contributed by atoms with van der Waals surface area (Å²) in [7, 11) is -4.60. The van der Waals surface area contributed by atoms with E-state index in [1.54, 1.807) is 0 Å². The number of esters is 2. The Morgan fingerprint density at radius 1 is 0.550 bits per heavy atom. The zero-order chi connectivity index (χ0) is 44.1. The minimum atomic E-state index is -4.60. The fourth-order valence-corrected chi connectivity index (χ4v) is 8.25. The minimum Gasteiger partial charge on any atom is -0.462 e. The summed E-state index contributed by atoms with van der Waals surface area (Å²) in [6, 6.07) is 0. The lowest BCUT2D eigenvalue weighted by Crippen LogP contribution is -2.60. The molecule has 2 unspecified atom stereocenters. The Hall–Kier alpha value is -1.61. The van der Waals surface area contributed by atoms with Gasteiger partial charge in [-0.25, -0.2) is 0 Å². The van der Waals surface area contributed by atoms with Crippen molar-refractivity contribution in [3.05, 3.63) is 12.2 Å². The van der Waals surface area contributed by atoms with Crippen LogP contribution in [-0.4, -0.2) is 96.0 Å². The summed E-state index contributed by atoms with van der Waals surface area (Å²) in [5.41, 5.74) is 0. The third kappa shape index (κ3) is 32.1. The third-order valence-corrected chi connectivity index (χ3v) is 12.1. The molecule has 1 saturated heterocycles. The second-order valence-electron chi connectivity index (χ2n) is 17.1. The van der Waals surface area contributed by atoms with Gasteiger partial charge in [-0.05, 0) is 38.5 Å². The molecule has 0 aromatic carbocycles. The Bertz CT molecular complexity index is 1170. The number of hydrogen-bond donors (Lipinski definition) is 4. The van der Waals surface area contributed by atoms with E-state index < -0.39 is 71.2 Å². The van der Waals surface area contributed by atoms with Gasteiger partial charge in [0.2, 0.25) is 0 Å². The molecule has 0 saturated carbocycles. The lowest BCUT2D eigenvalue weighted by atomic mass is 10.00. The highest BCUT2D eigenvalue weighted by atomic mass is 32.2. The molecule has 0 spiro atoms. The summed E-state index contributed by atoms with van der Waals surface area (Å²) in [5.74, 6) is -1.97. The topological polar surface area (TPSA) is 186 Å². The number of carbonyl (C=O) groups excluding carboxylic acids is 2. The number of rotatable bonds is 41. The average molecular weight is 877 g/mol. The van der Waals surface area contributed by atoms with E-state index in [2.05, 4.69) is 26.0 Å². The molecule has 0 bridgehead atoms. The lowest BCUT2D eigenvalue weighted by molar-refractivity contribution is -0.297. The van der Waals surface area contributed by atoms with Gasteiger partial charge in [0.1, 0.15) is 36.8 Å². The van der Waals surface area contributed by atoms with E-state index in [1.165, 1.54) is 141 Å². The molecule has 60 heavy (non-hydrogen) atoms. The maximum absolute atomic E-state index is 12.8. The van der Waals surface area contributed by atoms with Gasteiger partial charge in [-0.1, -0.05) is 180 Å². The van der Waals surface area contributed by atoms with E-state index in [0.29, 0.717) is 12.8 Å². The standard InChI is InChI=1S/C47H88O12S/c1-3-5-7-9-11-13-15-17-18-19-20-21-22-24-25-27-29-31-33-35-42(48)56-37-40(38-57-47-46(52)45(51)44(50)41(59-47)39-60(53,54)55)58-43(49)36-34-32-30-28-26-23-16-14-12-10-8-6-4-2/h17-18,40-41,44-47,50-52H,3-16,19-39H2,1-2H3,(H,53,54,55)/b18-17+/t40-,41-,44-,45?,46?,47+/m1/s1. The van der Waals surface area contributed by atoms with E-state index in [-0.39, 0.29) is 19.4 Å². The highest BCUT2D eigenvalue weighted by Gasteiger charge is 2.46. The van der Waals surface area contributed by atoms with Gasteiger partial charge in [-0.2, -0.15) is 8.42 Å². The van der Waals surface area contributed by atoms with Crippen LogP contribution in [0.15, 0.2) is 12.2 Å². The molecule has 0 aromatic rings. The van der Waals surface area contributed by atoms with Crippen LogP contribution in [-0.2, 0) is 38.7 Å². The van der Waals surface area contributed by atoms with Crippen molar-refractivity contribution in [3.63, 3.8) is 0 Å². The first-order valence-electron chi connectivity index (χ1n) is 24.2. The molecule has 6 atom stereocenters. The molecule has 0 aromatic heterocycles. The number of allylic oxidation sites excluding steroid dienone is 2. The van der Waals surface area contributed by atoms with Crippen molar-refractivity contribution in [1.29, 1.82) is 0 Å². The van der Waals surface area contributed by atoms with Crippen LogP contribution in [0.5, 0.6) is 0 Å². The Kier molecular flexibility index (Phi) is 35.6. The molecule has 0 radical (unpaired) electrons. The predicted octanol–water partition coefficient (Wildman–Crippen LogP) is 10.2. The van der Waals surface area contributed by atoms with E-state index in [0.717, 1.165) is 38.5 Å². The quantitative estimate of drug-likeness (QED) is 0.0197. The molecule has 1 rings (SSSR count). The average Bonchev–Trinajstić information content (AvgIpc) is 3.21. The first-order chi connectivity index (χ1) is 29.0. The molecule has 1 fully saturated rings. The van der Waals surface area contributed by atoms with Gasteiger partial charge in [0.25, 0.3) is 10.1 Å². The number of aliphatic hydroxyl groups excluding tert-OH is 3. The van der Waals surface area contributed by atoms with Crippen LogP contribution in [0.2, 0.25) is 0 Å². The molecular weight excluding hydrogens is 789 g/mol. The van der Waals surface area contributed by atoms with E-state index in [4.69, 9.17) is 18.9 Å². The third-order valence-electron chi connectivity index (χ3n) is 11.3. The summed E-state index contributed by atoms with van der Waals surface area (Å²) in [6.07, 6.45) is 31.1. The normalized spacial score (nSPS) is 20.1. The number of aliphatic hydroxyl groups is 3. The predicted molar refractivity (Wildman–Crippen MR) is 238 cm³/mol. The lowest BCUT2D eigenvalue weighted by Gasteiger charge is -2.40. The summed E-state index contributed by atoms with van der Waals surface area (Å²) >= 11 is 0. The number of hydrogen-bond acceptors (Lipinski definition) is 11. The van der Waals surface area contributed by atoms with Crippen LogP contribution in [0.3, 0.4) is 0 Å². The fourth-order valence-electron chi connectivity index (χ4n) is 7.56. The molecule has 0 aliphatic carbocycles. The van der Waals surface area contributed by atoms with Crippen LogP contribution in [0.1, 0.15) is 219 Å². The number of ether oxygens (including phenoxy) is 4. The van der Waals surface area contributed by atoms with Gasteiger partial charge in [-0.15, -0.1) is 0 Å². The van der Waals surface area contributed by atoms with Crippen LogP contribution in [0.4, 0.5) is 0 Å². The van der Waals surface area contributed by atoms with Crippen LogP contribution in [0.25, 0.3) is 0 Å². The first-order valence-corrected chi connectivity index (χ1v) is 25.9. The maximum Gasteiger partial charge on any atom is 0.306 e. The molecule has 354 valence electrons. The molecule has 1 heterocycles. The van der Waals surface area contributed by atoms with Gasteiger partial charge < -0.3 is 34.3 Å². The van der Waals surface area contributed by atoms with Crippen LogP contribution >= 0.6 is 0 Å². The van der Waals surface area contributed by atoms with Crippen molar-refractivity contribution >= 4 is 22.1 Å². The highest BCUT2D eigenvalue weighted by Crippen LogP contribution is 2.24. The largest absolute Gasteiger partial charge is 0.462 e. The van der Waals surface area contributed by atoms with Crippen molar-refractivity contribution in [2.75, 3.05) is 19.0 Å². The zero-order valence-electron chi connectivity index (χ0n) is 37.8. The van der Waals surface area contributed by atoms with Crippen molar-refractivity contribution < 1.29 is 56.8 Å². The summed E-state index contributed by atoms with van der Waals surface area (Å²) in [4.78, 5) is 25.4. The van der Waals surface area contributed by atoms with Crippen LogP contribution < -0.4 is 0 Å². The SMILES string of the molecule is CCCCCCCC/C=C/CCCCCCCCCCCC(=O)OC[C@H](CO[C@H]1O[C@H](CS(=O)(=O)O)[C@@H](O)C(O)C1O)OC(=O)CCCCCCCCCCCCCCC. The molecule has 4 N–H and O–H groups in total. The molecule has 13 heteroatoms. The Balaban J connectivity index is 2.38. The van der Waals surface area contributed by atoms with Gasteiger partial charge in [0.15, 0.2) is 12.4 Å². The van der Waals surface area contributed by atoms with Crippen molar-refractivity contribution in [2.45, 2.75) is 256 Å². The molecule has 12 nitrogen and oxygen atoms in total. The Morgan fingerprint density at radius 3 is 1.38 bits per heavy atom. The van der Waals surface area contributed by atoms with E-state index in [1.807, 2.05) is 0 Å². The van der Waals surface area contributed by atoms with Gasteiger partial charge in [0.05, 0.1) is 6.61 Å². The van der Waals surface area contributed by atoms with Crippen molar-refractivity contribution in [1.82, 2.24) is 0 Å². The van der Waals surface area contributed by atoms with Gasteiger partial charge in [-0.3, -0.25) is 14.1 Å². The number of carbonyl (C=O) groups is 2. The van der Waals surface area contributed by atoms with E-state index in [9.17, 15) is 37.9 Å². The Labute approximate surface area is 365 Å². The zero-order valence-corrected chi connectivity index (χ0v) is 38.6. The van der Waals surface area contributed by atoms with E-state index >= 15 is 0 Å². The van der Waals surface area contributed by atoms with Gasteiger partial charge in [0, 0.05) is 12.8 Å². The first kappa shape index (κ1) is 56.4. The van der Waals surface area contributed by atoms with Gasteiger partial charge >= 0.3 is 11.9 Å². The van der Waals surface area contributed by atoms with Crippen molar-refractivity contribution in [2.24, 2.45) is 0 Å². The molecule has 1 aliphatic rings. The molecular formula is C47H88O12S. The van der Waals surface area contributed by atoms with Crippen LogP contribution in [0, 0.1) is 0 Å². The second-order valence-corrected chi connectivity index (χ2v) is 18.6. The monoisotopic (exact) mass is 877 g/mol. The minimum absolute atomic E-state index is 0.169. The number of unbranched alkanes of at least 4 members (excludes halogenated alkanes) is 27. The Morgan fingerprint density at radius 2 is 0.950 bits per heavy atom. The smallest absolute Gasteiger partial charge is 0.306 e. The molecule has 1 aliphatic heterocycles. The maximum atomic E-state index is 12.8. The summed E-state index contributed by atoms with van der Waals surface area (Å²) < 4.78 is 54.1. The second kappa shape index (κ2) is 37.9.